The van der Waals surface area contributed by atoms with E-state index in [-0.39, 0.29) is 0 Å². The van der Waals surface area contributed by atoms with Crippen molar-refractivity contribution in [1.29, 1.82) is 0 Å². The fraction of sp³-hybridized carbons (Fsp3) is 0.625. The van der Waals surface area contributed by atoms with Crippen molar-refractivity contribution in [2.45, 2.75) is 32.9 Å². The van der Waals surface area contributed by atoms with Crippen LogP contribution in [0.15, 0.2) is 6.07 Å². The molecule has 0 saturated carbocycles. The van der Waals surface area contributed by atoms with Crippen molar-refractivity contribution < 1.29 is 9.13 Å². The fourth-order valence-electron chi connectivity index (χ4n) is 3.38. The zero-order valence-electron chi connectivity index (χ0n) is 12.3. The summed E-state index contributed by atoms with van der Waals surface area (Å²) in [6.45, 7) is 7.71. The molecule has 2 aliphatic heterocycles. The van der Waals surface area contributed by atoms with Gasteiger partial charge in [-0.25, -0.2) is 4.39 Å². The number of hydrogen-bond acceptors (Lipinski definition) is 3. The van der Waals surface area contributed by atoms with E-state index in [0.717, 1.165) is 43.9 Å². The first-order valence-electron chi connectivity index (χ1n) is 7.54. The quantitative estimate of drug-likeness (QED) is 0.898. The van der Waals surface area contributed by atoms with Gasteiger partial charge in [-0.3, -0.25) is 0 Å². The van der Waals surface area contributed by atoms with Crippen LogP contribution in [0.25, 0.3) is 0 Å². The van der Waals surface area contributed by atoms with Crippen LogP contribution in [0.5, 0.6) is 5.75 Å². The highest BCUT2D eigenvalue weighted by Crippen LogP contribution is 2.39. The van der Waals surface area contributed by atoms with E-state index in [1.165, 1.54) is 16.7 Å². The third-order valence-corrected chi connectivity index (χ3v) is 4.26. The van der Waals surface area contributed by atoms with Crippen LogP contribution in [0.1, 0.15) is 23.6 Å². The molecule has 0 spiro atoms. The third kappa shape index (κ3) is 2.49. The molecule has 110 valence electrons. The second-order valence-electron chi connectivity index (χ2n) is 5.81. The first-order valence-corrected chi connectivity index (χ1v) is 7.54. The van der Waals surface area contributed by atoms with Gasteiger partial charge in [0, 0.05) is 6.54 Å². The highest BCUT2D eigenvalue weighted by Gasteiger charge is 2.25. The molecule has 0 radical (unpaired) electrons. The SMILES string of the molecule is Cc1c2c(cc3c1N(C[C@H](C)F)CCO3)CCNCC2. The van der Waals surface area contributed by atoms with Crippen molar-refractivity contribution in [3.63, 3.8) is 0 Å². The summed E-state index contributed by atoms with van der Waals surface area (Å²) in [6, 6.07) is 2.18. The van der Waals surface area contributed by atoms with E-state index in [0.29, 0.717) is 13.2 Å². The zero-order chi connectivity index (χ0) is 14.1. The van der Waals surface area contributed by atoms with Crippen LogP contribution in [0, 0.1) is 6.92 Å². The first kappa shape index (κ1) is 13.7. The van der Waals surface area contributed by atoms with Gasteiger partial charge < -0.3 is 15.0 Å². The minimum atomic E-state index is -0.819. The summed E-state index contributed by atoms with van der Waals surface area (Å²) in [4.78, 5) is 2.15. The maximum atomic E-state index is 13.4. The van der Waals surface area contributed by atoms with Crippen LogP contribution in [-0.4, -0.2) is 39.0 Å². The van der Waals surface area contributed by atoms with E-state index >= 15 is 0 Å². The van der Waals surface area contributed by atoms with Crippen LogP contribution in [0.3, 0.4) is 0 Å². The molecular formula is C16H23FN2O. The van der Waals surface area contributed by atoms with Crippen molar-refractivity contribution in [1.82, 2.24) is 5.32 Å². The maximum Gasteiger partial charge on any atom is 0.143 e. The van der Waals surface area contributed by atoms with E-state index < -0.39 is 6.17 Å². The second kappa shape index (κ2) is 5.60. The van der Waals surface area contributed by atoms with Crippen LogP contribution >= 0.6 is 0 Å². The Morgan fingerprint density at radius 2 is 2.20 bits per heavy atom. The number of halogens is 1. The van der Waals surface area contributed by atoms with E-state index in [9.17, 15) is 4.39 Å². The first-order chi connectivity index (χ1) is 9.66. The summed E-state index contributed by atoms with van der Waals surface area (Å²) in [7, 11) is 0. The van der Waals surface area contributed by atoms with Gasteiger partial charge in [0.05, 0.1) is 12.2 Å². The Balaban J connectivity index is 2.04. The average molecular weight is 278 g/mol. The number of fused-ring (bicyclic) bond motifs is 2. The van der Waals surface area contributed by atoms with Crippen LogP contribution in [0.2, 0.25) is 0 Å². The molecule has 1 aromatic carbocycles. The van der Waals surface area contributed by atoms with Crippen LogP contribution in [-0.2, 0) is 12.8 Å². The summed E-state index contributed by atoms with van der Waals surface area (Å²) in [5, 5.41) is 3.44. The van der Waals surface area contributed by atoms with E-state index in [2.05, 4.69) is 23.2 Å². The number of anilines is 1. The Hall–Kier alpha value is -1.29. The molecule has 0 saturated heterocycles. The summed E-state index contributed by atoms with van der Waals surface area (Å²) in [6.07, 6.45) is 1.28. The fourth-order valence-corrected chi connectivity index (χ4v) is 3.38. The number of benzene rings is 1. The minimum Gasteiger partial charge on any atom is -0.490 e. The lowest BCUT2D eigenvalue weighted by molar-refractivity contribution is 0.292. The lowest BCUT2D eigenvalue weighted by atomic mass is 9.94. The Kier molecular flexibility index (Phi) is 3.83. The zero-order valence-corrected chi connectivity index (χ0v) is 12.3. The molecule has 0 amide bonds. The molecule has 0 fully saturated rings. The number of nitrogens with one attached hydrogen (secondary N) is 1. The van der Waals surface area contributed by atoms with Crippen molar-refractivity contribution in [2.24, 2.45) is 0 Å². The molecular weight excluding hydrogens is 255 g/mol. The molecule has 2 aliphatic rings. The number of rotatable bonds is 2. The normalized spacial score (nSPS) is 19.6. The van der Waals surface area contributed by atoms with Gasteiger partial charge in [0.1, 0.15) is 18.5 Å². The molecule has 4 heteroatoms. The average Bonchev–Trinajstić information content (AvgIpc) is 2.63. The Morgan fingerprint density at radius 1 is 1.40 bits per heavy atom. The smallest absolute Gasteiger partial charge is 0.143 e. The van der Waals surface area contributed by atoms with Crippen molar-refractivity contribution in [3.05, 3.63) is 22.8 Å². The van der Waals surface area contributed by atoms with E-state index in [4.69, 9.17) is 4.74 Å². The van der Waals surface area contributed by atoms with Crippen molar-refractivity contribution >= 4 is 5.69 Å². The number of nitrogens with zero attached hydrogens (tertiary/aromatic N) is 1. The third-order valence-electron chi connectivity index (χ3n) is 4.26. The molecule has 1 aromatic rings. The highest BCUT2D eigenvalue weighted by molar-refractivity contribution is 5.69. The van der Waals surface area contributed by atoms with Gasteiger partial charge in [0.25, 0.3) is 0 Å². The van der Waals surface area contributed by atoms with Gasteiger partial charge in [0.15, 0.2) is 0 Å². The van der Waals surface area contributed by atoms with Gasteiger partial charge >= 0.3 is 0 Å². The van der Waals surface area contributed by atoms with Gasteiger partial charge in [0.2, 0.25) is 0 Å². The largest absolute Gasteiger partial charge is 0.490 e. The summed E-state index contributed by atoms with van der Waals surface area (Å²) in [5.41, 5.74) is 5.21. The topological polar surface area (TPSA) is 24.5 Å². The van der Waals surface area contributed by atoms with Gasteiger partial charge in [-0.15, -0.1) is 0 Å². The molecule has 1 N–H and O–H groups in total. The molecule has 1 atom stereocenters. The minimum absolute atomic E-state index is 0.453. The molecule has 0 unspecified atom stereocenters. The molecule has 2 heterocycles. The molecule has 0 aromatic heterocycles. The standard InChI is InChI=1S/C16H23FN2O/c1-11(17)10-19-7-8-20-15-9-13-3-5-18-6-4-14(13)12(2)16(15)19/h9,11,18H,3-8,10H2,1-2H3/t11-/m0/s1. The summed E-state index contributed by atoms with van der Waals surface area (Å²) < 4.78 is 19.3. The summed E-state index contributed by atoms with van der Waals surface area (Å²) in [5.74, 6) is 0.940. The van der Waals surface area contributed by atoms with Crippen LogP contribution in [0.4, 0.5) is 10.1 Å². The van der Waals surface area contributed by atoms with E-state index in [1.54, 1.807) is 6.92 Å². The molecule has 3 nitrogen and oxygen atoms in total. The number of hydrogen-bond donors (Lipinski definition) is 1. The Labute approximate surface area is 120 Å². The summed E-state index contributed by atoms with van der Waals surface area (Å²) >= 11 is 0. The molecule has 20 heavy (non-hydrogen) atoms. The van der Waals surface area contributed by atoms with Crippen molar-refractivity contribution in [2.75, 3.05) is 37.7 Å². The second-order valence-corrected chi connectivity index (χ2v) is 5.81. The Bertz CT molecular complexity index is 502. The predicted octanol–water partition coefficient (Wildman–Crippen LogP) is 2.24. The maximum absolute atomic E-state index is 13.4. The van der Waals surface area contributed by atoms with Gasteiger partial charge in [-0.1, -0.05) is 0 Å². The monoisotopic (exact) mass is 278 g/mol. The Morgan fingerprint density at radius 3 is 3.00 bits per heavy atom. The lowest BCUT2D eigenvalue weighted by Gasteiger charge is -2.34. The van der Waals surface area contributed by atoms with Gasteiger partial charge in [-0.05, 0) is 62.5 Å². The molecule has 3 rings (SSSR count). The molecule has 0 aliphatic carbocycles. The van der Waals surface area contributed by atoms with Crippen molar-refractivity contribution in [3.8, 4) is 5.75 Å². The molecule has 0 bridgehead atoms. The van der Waals surface area contributed by atoms with Crippen LogP contribution < -0.4 is 15.0 Å². The highest BCUT2D eigenvalue weighted by atomic mass is 19.1. The predicted molar refractivity (Wildman–Crippen MR) is 79.7 cm³/mol. The number of alkyl halides is 1. The number of ether oxygens (including phenoxy) is 1. The van der Waals surface area contributed by atoms with Gasteiger partial charge in [-0.2, -0.15) is 0 Å². The van der Waals surface area contributed by atoms with E-state index in [1.807, 2.05) is 0 Å². The lowest BCUT2D eigenvalue weighted by Crippen LogP contribution is -2.37.